The Hall–Kier alpha value is -4.06. The van der Waals surface area contributed by atoms with Crippen molar-refractivity contribution in [3.8, 4) is 0 Å². The lowest BCUT2D eigenvalue weighted by atomic mass is 10.0. The second-order valence-electron chi connectivity index (χ2n) is 6.14. The van der Waals surface area contributed by atoms with Crippen LogP contribution in [-0.4, -0.2) is 40.3 Å². The number of rotatable bonds is 3. The Kier molecular flexibility index (Phi) is 35.6. The molecular formula is C32H40F4O2. The number of alkyl halides is 4. The zero-order valence-corrected chi connectivity index (χ0v) is 22.0. The average molecular weight is 533 g/mol. The predicted octanol–water partition coefficient (Wildman–Crippen LogP) is 9.47. The zero-order chi connectivity index (χ0) is 28.7. The topological polar surface area (TPSA) is 34.1 Å². The smallest absolute Gasteiger partial charge is 0.193 e. The van der Waals surface area contributed by atoms with E-state index < -0.39 is 0 Å². The molecule has 2 nitrogen and oxygen atoms in total. The largest absolute Gasteiger partial charge is 0.295 e. The van der Waals surface area contributed by atoms with Crippen molar-refractivity contribution in [2.24, 2.45) is 0 Å². The van der Waals surface area contributed by atoms with Gasteiger partial charge in [0.05, 0.1) is 28.7 Å². The van der Waals surface area contributed by atoms with Gasteiger partial charge in [-0.15, -0.1) is 0 Å². The highest BCUT2D eigenvalue weighted by molar-refractivity contribution is 6.08. The number of carbonyl (C=O) groups is 2. The van der Waals surface area contributed by atoms with Crippen LogP contribution in [0.25, 0.3) is 0 Å². The maximum Gasteiger partial charge on any atom is 0.193 e. The van der Waals surface area contributed by atoms with Crippen LogP contribution in [0, 0.1) is 0 Å². The summed E-state index contributed by atoms with van der Waals surface area (Å²) in [6.45, 7) is 1.56. The van der Waals surface area contributed by atoms with Crippen molar-refractivity contribution in [3.63, 3.8) is 0 Å². The van der Waals surface area contributed by atoms with Gasteiger partial charge in [-0.3, -0.25) is 27.2 Å². The number of hydrogen-bond donors (Lipinski definition) is 0. The molecule has 6 heteroatoms. The van der Waals surface area contributed by atoms with Crippen molar-refractivity contribution in [2.45, 2.75) is 14.4 Å². The Balaban J connectivity index is -0.000000210. The maximum absolute atomic E-state index is 11.8. The third kappa shape index (κ3) is 21.2. The lowest BCUT2D eigenvalue weighted by molar-refractivity contribution is 0.101. The summed E-state index contributed by atoms with van der Waals surface area (Å²) in [5.74, 6) is 0.196. The van der Waals surface area contributed by atoms with Crippen LogP contribution in [-0.2, 0) is 0 Å². The van der Waals surface area contributed by atoms with Crippen molar-refractivity contribution in [1.82, 2.24) is 0 Å². The van der Waals surface area contributed by atoms with E-state index >= 15 is 0 Å². The SMILES string of the molecule is C.CC(=O)c1ccccc1.CF.CF.CF.CF.O=C(c1ccccc1)c1ccccc1.c1ccccc1. The summed E-state index contributed by atoms with van der Waals surface area (Å²) in [6.07, 6.45) is 0. The highest BCUT2D eigenvalue weighted by Crippen LogP contribution is 2.08. The summed E-state index contributed by atoms with van der Waals surface area (Å²) in [5.41, 5.74) is 2.25. The molecule has 0 saturated heterocycles. The van der Waals surface area contributed by atoms with Crippen LogP contribution in [0.2, 0.25) is 0 Å². The Bertz CT molecular complexity index is 915. The Morgan fingerprint density at radius 2 is 0.579 bits per heavy atom. The maximum atomic E-state index is 11.8. The lowest BCUT2D eigenvalue weighted by Gasteiger charge is -1.99. The van der Waals surface area contributed by atoms with Gasteiger partial charge in [0.25, 0.3) is 0 Å². The van der Waals surface area contributed by atoms with E-state index in [1.165, 1.54) is 0 Å². The van der Waals surface area contributed by atoms with Gasteiger partial charge in [-0.2, -0.15) is 0 Å². The molecule has 0 aromatic heterocycles. The fraction of sp³-hybridized carbons (Fsp3) is 0.188. The molecule has 0 aliphatic heterocycles. The first kappa shape index (κ1) is 41.1. The third-order valence-corrected chi connectivity index (χ3v) is 3.92. The third-order valence-electron chi connectivity index (χ3n) is 3.92. The predicted molar refractivity (Wildman–Crippen MR) is 154 cm³/mol. The molecule has 0 atom stereocenters. The minimum Gasteiger partial charge on any atom is -0.295 e. The number of hydrogen-bond acceptors (Lipinski definition) is 2. The second-order valence-corrected chi connectivity index (χ2v) is 6.14. The Morgan fingerprint density at radius 1 is 0.395 bits per heavy atom. The molecule has 4 rings (SSSR count). The first-order chi connectivity index (χ1) is 18.2. The number of ketones is 2. The van der Waals surface area contributed by atoms with Gasteiger partial charge < -0.3 is 0 Å². The van der Waals surface area contributed by atoms with E-state index in [2.05, 4.69) is 0 Å². The second kappa shape index (κ2) is 32.9. The van der Waals surface area contributed by atoms with Crippen LogP contribution < -0.4 is 0 Å². The molecule has 0 aliphatic carbocycles. The summed E-state index contributed by atoms with van der Waals surface area (Å²) in [5, 5.41) is 0. The van der Waals surface area contributed by atoms with E-state index in [0.717, 1.165) is 16.7 Å². The van der Waals surface area contributed by atoms with Gasteiger partial charge in [-0.1, -0.05) is 135 Å². The number of Topliss-reactive ketones (excluding diaryl/α,β-unsaturated/α-hetero) is 1. The van der Waals surface area contributed by atoms with Gasteiger partial charge in [0, 0.05) is 16.7 Å². The minimum atomic E-state index is 0. The van der Waals surface area contributed by atoms with Crippen LogP contribution in [0.3, 0.4) is 0 Å². The molecule has 208 valence electrons. The zero-order valence-electron chi connectivity index (χ0n) is 22.0. The monoisotopic (exact) mass is 532 g/mol. The van der Waals surface area contributed by atoms with E-state index in [4.69, 9.17) is 0 Å². The van der Waals surface area contributed by atoms with Crippen LogP contribution in [0.1, 0.15) is 40.6 Å². The van der Waals surface area contributed by atoms with E-state index in [1.807, 2.05) is 127 Å². The van der Waals surface area contributed by atoms with Gasteiger partial charge >= 0.3 is 0 Å². The number of benzene rings is 4. The van der Waals surface area contributed by atoms with Gasteiger partial charge in [-0.05, 0) is 6.92 Å². The number of carbonyl (C=O) groups excluding carboxylic acids is 2. The Labute approximate surface area is 226 Å². The molecule has 0 saturated carbocycles. The molecule has 0 spiro atoms. The highest BCUT2D eigenvalue weighted by Gasteiger charge is 2.06. The quantitative estimate of drug-likeness (QED) is 0.194. The van der Waals surface area contributed by atoms with Crippen molar-refractivity contribution < 1.29 is 27.2 Å². The highest BCUT2D eigenvalue weighted by atomic mass is 19.1. The molecule has 0 amide bonds. The molecule has 4 aromatic carbocycles. The molecule has 0 radical (unpaired) electrons. The van der Waals surface area contributed by atoms with E-state index in [9.17, 15) is 27.2 Å². The molecule has 0 aliphatic rings. The summed E-state index contributed by atoms with van der Waals surface area (Å²) in [6, 6.07) is 39.8. The summed E-state index contributed by atoms with van der Waals surface area (Å²) in [7, 11) is 2.00. The molecule has 0 bridgehead atoms. The molecule has 0 fully saturated rings. The normalized spacial score (nSPS) is 7.61. The van der Waals surface area contributed by atoms with Crippen molar-refractivity contribution in [2.75, 3.05) is 28.7 Å². The molecule has 0 heterocycles. The van der Waals surface area contributed by atoms with Gasteiger partial charge in [-0.25, -0.2) is 0 Å². The molecule has 38 heavy (non-hydrogen) atoms. The van der Waals surface area contributed by atoms with Crippen molar-refractivity contribution in [1.29, 1.82) is 0 Å². The molecule has 4 aromatic rings. The van der Waals surface area contributed by atoms with Crippen LogP contribution >= 0.6 is 0 Å². The van der Waals surface area contributed by atoms with Gasteiger partial charge in [0.2, 0.25) is 0 Å². The molecule has 0 unspecified atom stereocenters. The number of halogens is 4. The van der Waals surface area contributed by atoms with Crippen LogP contribution in [0.4, 0.5) is 17.6 Å². The average Bonchev–Trinajstić information content (AvgIpc) is 3.03. The Morgan fingerprint density at radius 3 is 0.763 bits per heavy atom. The minimum absolute atomic E-state index is 0. The lowest BCUT2D eigenvalue weighted by Crippen LogP contribution is -1.99. The van der Waals surface area contributed by atoms with Crippen LogP contribution in [0.5, 0.6) is 0 Å². The molecular weight excluding hydrogens is 492 g/mol. The summed E-state index contributed by atoms with van der Waals surface area (Å²) >= 11 is 0. The first-order valence-corrected chi connectivity index (χ1v) is 10.9. The van der Waals surface area contributed by atoms with Crippen LogP contribution in [0.15, 0.2) is 127 Å². The van der Waals surface area contributed by atoms with Gasteiger partial charge in [0.15, 0.2) is 11.6 Å². The van der Waals surface area contributed by atoms with Gasteiger partial charge in [0.1, 0.15) is 0 Å². The van der Waals surface area contributed by atoms with E-state index in [0.29, 0.717) is 28.7 Å². The standard InChI is InChI=1S/C13H10O.C8H8O.C6H6.4CH3F.CH4/c14-13(11-7-3-1-4-8-11)12-9-5-2-6-10-12;1-7(9)8-5-3-2-4-6-8;1-2-4-6-5-3-1;4*1-2;/h1-10H;2-6H,1H3;1-6H;4*1H3;1H4. The van der Waals surface area contributed by atoms with Crippen molar-refractivity contribution >= 4 is 11.6 Å². The van der Waals surface area contributed by atoms with E-state index in [-0.39, 0.29) is 19.0 Å². The summed E-state index contributed by atoms with van der Waals surface area (Å²) in [4.78, 5) is 22.5. The molecule has 0 N–H and O–H groups in total. The fourth-order valence-corrected chi connectivity index (χ4v) is 2.40. The fourth-order valence-electron chi connectivity index (χ4n) is 2.40. The first-order valence-electron chi connectivity index (χ1n) is 10.9. The van der Waals surface area contributed by atoms with E-state index in [1.54, 1.807) is 6.92 Å². The van der Waals surface area contributed by atoms with Crippen molar-refractivity contribution in [3.05, 3.63) is 144 Å². The summed E-state index contributed by atoms with van der Waals surface area (Å²) < 4.78 is 38.0.